The van der Waals surface area contributed by atoms with E-state index in [9.17, 15) is 17.6 Å². The van der Waals surface area contributed by atoms with Gasteiger partial charge in [0.1, 0.15) is 11.6 Å². The lowest BCUT2D eigenvalue weighted by atomic mass is 10.1. The summed E-state index contributed by atoms with van der Waals surface area (Å²) in [6, 6.07) is 5.43. The molecule has 112 valence electrons. The molecule has 2 aromatic rings. The van der Waals surface area contributed by atoms with Gasteiger partial charge >= 0.3 is 0 Å². The predicted molar refractivity (Wildman–Crippen MR) is 77.2 cm³/mol. The summed E-state index contributed by atoms with van der Waals surface area (Å²) >= 11 is 0. The Morgan fingerprint density at radius 2 is 1.55 bits per heavy atom. The first-order valence-corrected chi connectivity index (χ1v) is 6.57. The summed E-state index contributed by atoms with van der Waals surface area (Å²) in [4.78, 5) is 0. The van der Waals surface area contributed by atoms with Crippen LogP contribution in [0.1, 0.15) is 23.1 Å². The van der Waals surface area contributed by atoms with Gasteiger partial charge in [-0.3, -0.25) is 0 Å². The van der Waals surface area contributed by atoms with Crippen LogP contribution in [0.3, 0.4) is 0 Å². The Bertz CT molecular complexity index is 743. The van der Waals surface area contributed by atoms with Crippen LogP contribution in [0.2, 0.25) is 0 Å². The highest BCUT2D eigenvalue weighted by molar-refractivity contribution is 5.45. The molecule has 0 radical (unpaired) electrons. The molecule has 0 bridgehead atoms. The zero-order chi connectivity index (χ0) is 16.1. The number of rotatable bonds is 3. The fourth-order valence-corrected chi connectivity index (χ4v) is 1.87. The lowest BCUT2D eigenvalue weighted by Crippen LogP contribution is -1.95. The van der Waals surface area contributed by atoms with E-state index >= 15 is 0 Å². The molecule has 0 aliphatic carbocycles. The highest BCUT2D eigenvalue weighted by Crippen LogP contribution is 2.16. The van der Waals surface area contributed by atoms with E-state index in [0.717, 1.165) is 12.1 Å². The zero-order valence-corrected chi connectivity index (χ0v) is 11.6. The van der Waals surface area contributed by atoms with E-state index in [4.69, 9.17) is 0 Å². The van der Waals surface area contributed by atoms with Crippen LogP contribution >= 0.6 is 0 Å². The second kappa shape index (κ2) is 6.95. The van der Waals surface area contributed by atoms with Gasteiger partial charge in [0, 0.05) is 5.56 Å². The molecule has 22 heavy (non-hydrogen) atoms. The highest BCUT2D eigenvalue weighted by Gasteiger charge is 2.09. The molecule has 4 heteroatoms. The standard InChI is InChI=1S/C18H12F4/c1-2-3-4-13-10-16(20)14(17(21)11-13)7-5-12-6-8-15(19)18(22)9-12/h2,6,8-11H,1,3-4H2. The third kappa shape index (κ3) is 3.76. The van der Waals surface area contributed by atoms with Crippen LogP contribution in [0.5, 0.6) is 0 Å². The number of allylic oxidation sites excluding steroid dienone is 1. The van der Waals surface area contributed by atoms with Crippen molar-refractivity contribution in [2.24, 2.45) is 0 Å². The van der Waals surface area contributed by atoms with Gasteiger partial charge in [0.05, 0.1) is 5.56 Å². The molecule has 0 aliphatic rings. The van der Waals surface area contributed by atoms with Crippen molar-refractivity contribution in [3.05, 3.63) is 82.9 Å². The SMILES string of the molecule is C=CCCc1cc(F)c(C#Cc2ccc(F)c(F)c2)c(F)c1. The Hall–Kier alpha value is -2.54. The molecule has 0 unspecified atom stereocenters. The van der Waals surface area contributed by atoms with Crippen molar-refractivity contribution in [1.82, 2.24) is 0 Å². The predicted octanol–water partition coefficient (Wildman–Crippen LogP) is 4.76. The monoisotopic (exact) mass is 304 g/mol. The summed E-state index contributed by atoms with van der Waals surface area (Å²) in [6.45, 7) is 3.55. The van der Waals surface area contributed by atoms with Crippen LogP contribution in [0.4, 0.5) is 17.6 Å². The second-order valence-electron chi connectivity index (χ2n) is 4.64. The molecule has 0 saturated heterocycles. The van der Waals surface area contributed by atoms with Gasteiger partial charge in [-0.15, -0.1) is 6.58 Å². The fourth-order valence-electron chi connectivity index (χ4n) is 1.87. The lowest BCUT2D eigenvalue weighted by molar-refractivity contribution is 0.508. The molecular weight excluding hydrogens is 292 g/mol. The first-order chi connectivity index (χ1) is 10.5. The Morgan fingerprint density at radius 1 is 0.864 bits per heavy atom. The molecule has 0 aromatic heterocycles. The maximum Gasteiger partial charge on any atom is 0.160 e. The van der Waals surface area contributed by atoms with E-state index < -0.39 is 28.8 Å². The number of benzene rings is 2. The normalized spacial score (nSPS) is 10.0. The molecule has 0 heterocycles. The molecule has 0 amide bonds. The molecule has 2 aromatic carbocycles. The lowest BCUT2D eigenvalue weighted by Gasteiger charge is -2.03. The minimum atomic E-state index is -1.06. The Balaban J connectivity index is 2.32. The van der Waals surface area contributed by atoms with E-state index in [1.54, 1.807) is 6.08 Å². The Morgan fingerprint density at radius 3 is 2.14 bits per heavy atom. The van der Waals surface area contributed by atoms with Gasteiger partial charge in [-0.25, -0.2) is 17.6 Å². The molecule has 0 atom stereocenters. The van der Waals surface area contributed by atoms with Gasteiger partial charge in [-0.05, 0) is 48.7 Å². The van der Waals surface area contributed by atoms with Crippen LogP contribution in [-0.4, -0.2) is 0 Å². The maximum atomic E-state index is 13.9. The van der Waals surface area contributed by atoms with Gasteiger partial charge in [0.15, 0.2) is 11.6 Å². The average molecular weight is 304 g/mol. The molecular formula is C18H12F4. The van der Waals surface area contributed by atoms with Crippen molar-refractivity contribution in [2.45, 2.75) is 12.8 Å². The van der Waals surface area contributed by atoms with Crippen molar-refractivity contribution >= 4 is 0 Å². The van der Waals surface area contributed by atoms with Crippen molar-refractivity contribution in [3.63, 3.8) is 0 Å². The third-order valence-electron chi connectivity index (χ3n) is 2.99. The molecule has 0 aliphatic heterocycles. The molecule has 0 fully saturated rings. The minimum Gasteiger partial charge on any atom is -0.206 e. The number of aryl methyl sites for hydroxylation is 1. The molecule has 0 spiro atoms. The second-order valence-corrected chi connectivity index (χ2v) is 4.64. The van der Waals surface area contributed by atoms with Crippen molar-refractivity contribution < 1.29 is 17.6 Å². The molecule has 0 nitrogen and oxygen atoms in total. The first-order valence-electron chi connectivity index (χ1n) is 6.57. The largest absolute Gasteiger partial charge is 0.206 e. The summed E-state index contributed by atoms with van der Waals surface area (Å²) in [5.41, 5.74) is 0.244. The van der Waals surface area contributed by atoms with Crippen LogP contribution in [0, 0.1) is 35.1 Å². The zero-order valence-electron chi connectivity index (χ0n) is 11.6. The van der Waals surface area contributed by atoms with E-state index in [-0.39, 0.29) is 5.56 Å². The fraction of sp³-hybridized carbons (Fsp3) is 0.111. The van der Waals surface area contributed by atoms with Crippen LogP contribution in [0.15, 0.2) is 43.0 Å². The summed E-state index contributed by atoms with van der Waals surface area (Å²) in [5, 5.41) is 0. The topological polar surface area (TPSA) is 0 Å². The van der Waals surface area contributed by atoms with Crippen molar-refractivity contribution in [3.8, 4) is 11.8 Å². The van der Waals surface area contributed by atoms with Gasteiger partial charge in [0.25, 0.3) is 0 Å². The molecule has 2 rings (SSSR count). The van der Waals surface area contributed by atoms with E-state index in [1.807, 2.05) is 0 Å². The van der Waals surface area contributed by atoms with Crippen LogP contribution in [-0.2, 0) is 6.42 Å². The maximum absolute atomic E-state index is 13.9. The minimum absolute atomic E-state index is 0.133. The number of hydrogen-bond acceptors (Lipinski definition) is 0. The van der Waals surface area contributed by atoms with Gasteiger partial charge in [-0.2, -0.15) is 0 Å². The molecule has 0 saturated carbocycles. The number of halogens is 4. The van der Waals surface area contributed by atoms with E-state index in [0.29, 0.717) is 18.4 Å². The Labute approximate surface area is 126 Å². The van der Waals surface area contributed by atoms with Crippen molar-refractivity contribution in [1.29, 1.82) is 0 Å². The number of hydrogen-bond donors (Lipinski definition) is 0. The Kier molecular flexibility index (Phi) is 5.00. The first kappa shape index (κ1) is 15.8. The van der Waals surface area contributed by atoms with Crippen LogP contribution < -0.4 is 0 Å². The molecule has 0 N–H and O–H groups in total. The third-order valence-corrected chi connectivity index (χ3v) is 2.99. The van der Waals surface area contributed by atoms with E-state index in [2.05, 4.69) is 18.4 Å². The van der Waals surface area contributed by atoms with Gasteiger partial charge < -0.3 is 0 Å². The smallest absolute Gasteiger partial charge is 0.160 e. The summed E-state index contributed by atoms with van der Waals surface area (Å²) in [7, 11) is 0. The quantitative estimate of drug-likeness (QED) is 0.435. The summed E-state index contributed by atoms with van der Waals surface area (Å²) < 4.78 is 53.6. The van der Waals surface area contributed by atoms with Crippen molar-refractivity contribution in [2.75, 3.05) is 0 Å². The van der Waals surface area contributed by atoms with E-state index in [1.165, 1.54) is 18.2 Å². The van der Waals surface area contributed by atoms with Gasteiger partial charge in [0.2, 0.25) is 0 Å². The summed E-state index contributed by atoms with van der Waals surface area (Å²) in [6.07, 6.45) is 2.75. The highest BCUT2D eigenvalue weighted by atomic mass is 19.2. The van der Waals surface area contributed by atoms with Gasteiger partial charge in [-0.1, -0.05) is 17.9 Å². The average Bonchev–Trinajstić information content (AvgIpc) is 2.47. The van der Waals surface area contributed by atoms with Crippen LogP contribution in [0.25, 0.3) is 0 Å². The summed E-state index contributed by atoms with van der Waals surface area (Å²) in [5.74, 6) is 1.10.